The summed E-state index contributed by atoms with van der Waals surface area (Å²) in [5, 5.41) is 0.481. The Hall–Kier alpha value is -2.15. The summed E-state index contributed by atoms with van der Waals surface area (Å²) in [6.45, 7) is -1.37. The monoisotopic (exact) mass is 382 g/mol. The maximum atomic E-state index is 12.8. The number of rotatable bonds is 2. The predicted molar refractivity (Wildman–Crippen MR) is 85.2 cm³/mol. The van der Waals surface area contributed by atoms with Gasteiger partial charge in [-0.25, -0.2) is 4.79 Å². The van der Waals surface area contributed by atoms with Crippen LogP contribution in [0.2, 0.25) is 0 Å². The third kappa shape index (κ3) is 3.29. The zero-order valence-electron chi connectivity index (χ0n) is 11.6. The molecular formula is C16H10BrF3N2O. The highest BCUT2D eigenvalue weighted by molar-refractivity contribution is 9.10. The van der Waals surface area contributed by atoms with E-state index in [1.165, 1.54) is 6.07 Å². The van der Waals surface area contributed by atoms with Crippen LogP contribution in [0.25, 0.3) is 22.2 Å². The van der Waals surface area contributed by atoms with Gasteiger partial charge in [0, 0.05) is 15.4 Å². The smallest absolute Gasteiger partial charge is 0.283 e. The van der Waals surface area contributed by atoms with Crippen molar-refractivity contribution in [3.63, 3.8) is 0 Å². The van der Waals surface area contributed by atoms with Crippen LogP contribution in [0.3, 0.4) is 0 Å². The fourth-order valence-corrected chi connectivity index (χ4v) is 2.76. The van der Waals surface area contributed by atoms with E-state index >= 15 is 0 Å². The van der Waals surface area contributed by atoms with Gasteiger partial charge in [-0.3, -0.25) is 4.57 Å². The summed E-state index contributed by atoms with van der Waals surface area (Å²) >= 11 is 3.31. The maximum Gasteiger partial charge on any atom is 0.406 e. The fraction of sp³-hybridized carbons (Fsp3) is 0.125. The van der Waals surface area contributed by atoms with Crippen LogP contribution in [0, 0.1) is 0 Å². The van der Waals surface area contributed by atoms with Crippen molar-refractivity contribution in [1.29, 1.82) is 0 Å². The summed E-state index contributed by atoms with van der Waals surface area (Å²) in [6, 6.07) is 13.6. The van der Waals surface area contributed by atoms with Crippen LogP contribution in [0.1, 0.15) is 0 Å². The minimum Gasteiger partial charge on any atom is -0.283 e. The van der Waals surface area contributed by atoms with Crippen LogP contribution in [-0.4, -0.2) is 15.7 Å². The van der Waals surface area contributed by atoms with Crippen LogP contribution in [-0.2, 0) is 6.54 Å². The number of nitrogens with zero attached hydrogens (tertiary/aromatic N) is 2. The molecule has 0 N–H and O–H groups in total. The lowest BCUT2D eigenvalue weighted by Gasteiger charge is -2.14. The molecule has 3 rings (SSSR count). The van der Waals surface area contributed by atoms with Crippen molar-refractivity contribution in [2.75, 3.05) is 0 Å². The van der Waals surface area contributed by atoms with Crippen molar-refractivity contribution in [3.05, 3.63) is 63.5 Å². The van der Waals surface area contributed by atoms with Crippen molar-refractivity contribution < 1.29 is 13.2 Å². The molecule has 0 aliphatic rings. The molecule has 1 heterocycles. The third-order valence-electron chi connectivity index (χ3n) is 3.33. The first-order valence-corrected chi connectivity index (χ1v) is 7.47. The lowest BCUT2D eigenvalue weighted by atomic mass is 10.1. The standard InChI is InChI=1S/C16H10BrF3N2O/c17-11-6-7-13-12(8-11)14(10-4-2-1-3-5-10)21-15(23)22(13)9-16(18,19)20/h1-8H,9H2. The summed E-state index contributed by atoms with van der Waals surface area (Å²) in [6.07, 6.45) is -4.50. The Bertz CT molecular complexity index is 920. The van der Waals surface area contributed by atoms with Gasteiger partial charge < -0.3 is 0 Å². The second-order valence-corrected chi connectivity index (χ2v) is 5.89. The topological polar surface area (TPSA) is 34.9 Å². The number of aromatic nitrogens is 2. The zero-order chi connectivity index (χ0) is 16.6. The van der Waals surface area contributed by atoms with E-state index in [0.29, 0.717) is 25.7 Å². The van der Waals surface area contributed by atoms with Crippen molar-refractivity contribution in [2.24, 2.45) is 0 Å². The molecule has 1 aromatic heterocycles. The molecule has 0 aliphatic heterocycles. The highest BCUT2D eigenvalue weighted by Crippen LogP contribution is 2.29. The van der Waals surface area contributed by atoms with Crippen LogP contribution >= 0.6 is 15.9 Å². The Balaban J connectivity index is 2.34. The van der Waals surface area contributed by atoms with Gasteiger partial charge in [0.2, 0.25) is 0 Å². The van der Waals surface area contributed by atoms with Gasteiger partial charge >= 0.3 is 11.9 Å². The second-order valence-electron chi connectivity index (χ2n) is 4.97. The SMILES string of the molecule is O=c1nc(-c2ccccc2)c2cc(Br)ccc2n1CC(F)(F)F. The zero-order valence-corrected chi connectivity index (χ0v) is 13.2. The summed E-state index contributed by atoms with van der Waals surface area (Å²) < 4.78 is 39.6. The molecule has 2 aromatic carbocycles. The average molecular weight is 383 g/mol. The fourth-order valence-electron chi connectivity index (χ4n) is 2.40. The minimum atomic E-state index is -4.50. The number of hydrogen-bond acceptors (Lipinski definition) is 2. The van der Waals surface area contributed by atoms with E-state index in [1.807, 2.05) is 6.07 Å². The van der Waals surface area contributed by atoms with E-state index in [9.17, 15) is 18.0 Å². The lowest BCUT2D eigenvalue weighted by Crippen LogP contribution is -2.30. The van der Waals surface area contributed by atoms with Crippen molar-refractivity contribution >= 4 is 26.8 Å². The molecule has 118 valence electrons. The summed E-state index contributed by atoms with van der Waals surface area (Å²) in [5.41, 5.74) is 0.317. The minimum absolute atomic E-state index is 0.198. The first kappa shape index (κ1) is 15.7. The van der Waals surface area contributed by atoms with Gasteiger partial charge in [0.1, 0.15) is 6.54 Å². The molecule has 0 amide bonds. The molecule has 0 radical (unpaired) electrons. The Morgan fingerprint density at radius 2 is 1.78 bits per heavy atom. The Morgan fingerprint density at radius 3 is 2.43 bits per heavy atom. The Kier molecular flexibility index (Phi) is 3.97. The van der Waals surface area contributed by atoms with Crippen molar-refractivity contribution in [2.45, 2.75) is 12.7 Å². The van der Waals surface area contributed by atoms with Gasteiger partial charge in [0.05, 0.1) is 11.2 Å². The highest BCUT2D eigenvalue weighted by atomic mass is 79.9. The number of alkyl halides is 3. The highest BCUT2D eigenvalue weighted by Gasteiger charge is 2.30. The van der Waals surface area contributed by atoms with Gasteiger partial charge in [-0.05, 0) is 18.2 Å². The molecule has 0 saturated carbocycles. The third-order valence-corrected chi connectivity index (χ3v) is 3.82. The Morgan fingerprint density at radius 1 is 1.09 bits per heavy atom. The molecule has 3 nitrogen and oxygen atoms in total. The summed E-state index contributed by atoms with van der Waals surface area (Å²) in [4.78, 5) is 16.0. The van der Waals surface area contributed by atoms with Gasteiger partial charge in [-0.15, -0.1) is 0 Å². The quantitative estimate of drug-likeness (QED) is 0.658. The van der Waals surface area contributed by atoms with E-state index < -0.39 is 18.4 Å². The molecule has 0 atom stereocenters. The van der Waals surface area contributed by atoms with Crippen LogP contribution in [0.5, 0.6) is 0 Å². The number of hydrogen-bond donors (Lipinski definition) is 0. The number of halogens is 4. The van der Waals surface area contributed by atoms with Gasteiger partial charge in [-0.2, -0.15) is 18.2 Å². The summed E-state index contributed by atoms with van der Waals surface area (Å²) in [5.74, 6) is 0. The first-order valence-electron chi connectivity index (χ1n) is 6.67. The van der Waals surface area contributed by atoms with Crippen LogP contribution in [0.4, 0.5) is 13.2 Å². The normalized spacial score (nSPS) is 11.8. The largest absolute Gasteiger partial charge is 0.406 e. The molecule has 0 aliphatic carbocycles. The molecule has 23 heavy (non-hydrogen) atoms. The molecule has 0 spiro atoms. The molecule has 0 bridgehead atoms. The van der Waals surface area contributed by atoms with E-state index in [0.717, 1.165) is 0 Å². The summed E-state index contributed by atoms with van der Waals surface area (Å²) in [7, 11) is 0. The van der Waals surface area contributed by atoms with Crippen molar-refractivity contribution in [3.8, 4) is 11.3 Å². The van der Waals surface area contributed by atoms with Crippen LogP contribution in [0.15, 0.2) is 57.8 Å². The van der Waals surface area contributed by atoms with E-state index in [4.69, 9.17) is 0 Å². The molecule has 0 unspecified atom stereocenters. The molecular weight excluding hydrogens is 373 g/mol. The molecule has 0 saturated heterocycles. The van der Waals surface area contributed by atoms with E-state index in [2.05, 4.69) is 20.9 Å². The number of fused-ring (bicyclic) bond motifs is 1. The van der Waals surface area contributed by atoms with Crippen molar-refractivity contribution in [1.82, 2.24) is 9.55 Å². The second kappa shape index (κ2) is 5.81. The molecule has 0 fully saturated rings. The van der Waals surface area contributed by atoms with E-state index in [1.54, 1.807) is 36.4 Å². The van der Waals surface area contributed by atoms with Gasteiger partial charge in [0.15, 0.2) is 0 Å². The molecule has 7 heteroatoms. The number of benzene rings is 2. The predicted octanol–water partition coefficient (Wildman–Crippen LogP) is 4.39. The van der Waals surface area contributed by atoms with Gasteiger partial charge in [0.25, 0.3) is 0 Å². The molecule has 3 aromatic rings. The van der Waals surface area contributed by atoms with Gasteiger partial charge in [-0.1, -0.05) is 46.3 Å². The Labute approximate surface area is 137 Å². The first-order chi connectivity index (χ1) is 10.8. The van der Waals surface area contributed by atoms with Crippen LogP contribution < -0.4 is 5.69 Å². The maximum absolute atomic E-state index is 12.8. The average Bonchev–Trinajstić information content (AvgIpc) is 2.49. The lowest BCUT2D eigenvalue weighted by molar-refractivity contribution is -0.140. The van der Waals surface area contributed by atoms with E-state index in [-0.39, 0.29) is 5.52 Å².